The predicted octanol–water partition coefficient (Wildman–Crippen LogP) is 3.69. The van der Waals surface area contributed by atoms with Crippen LogP contribution in [0, 0.1) is 13.8 Å². The van der Waals surface area contributed by atoms with Crippen LogP contribution >= 0.6 is 0 Å². The molecule has 0 aliphatic carbocycles. The average molecular weight is 369 g/mol. The second kappa shape index (κ2) is 7.19. The number of pyridine rings is 3. The Morgan fingerprint density at radius 3 is 2.61 bits per heavy atom. The number of aromatic nitrogens is 3. The van der Waals surface area contributed by atoms with E-state index < -0.39 is 0 Å². The zero-order valence-electron chi connectivity index (χ0n) is 15.7. The number of nitrogens with zero attached hydrogens (tertiary/aromatic N) is 3. The van der Waals surface area contributed by atoms with Crippen LogP contribution < -0.4 is 5.43 Å². The van der Waals surface area contributed by atoms with Crippen molar-refractivity contribution in [2.75, 3.05) is 0 Å². The molecule has 138 valence electrons. The maximum atomic E-state index is 13.1. The minimum atomic E-state index is -0.299. The van der Waals surface area contributed by atoms with Crippen molar-refractivity contribution < 1.29 is 4.79 Å². The fourth-order valence-electron chi connectivity index (χ4n) is 3.34. The minimum absolute atomic E-state index is 0.150. The Morgan fingerprint density at radius 1 is 1.00 bits per heavy atom. The molecule has 0 N–H and O–H groups in total. The third-order valence-corrected chi connectivity index (χ3v) is 4.67. The number of carbonyl (C=O) groups is 1. The van der Waals surface area contributed by atoms with Crippen molar-refractivity contribution in [2.45, 2.75) is 20.4 Å². The van der Waals surface area contributed by atoms with Gasteiger partial charge in [0.05, 0.1) is 23.3 Å². The summed E-state index contributed by atoms with van der Waals surface area (Å²) in [7, 11) is 0. The molecule has 0 unspecified atom stereocenters. The molecule has 3 aromatic heterocycles. The molecule has 0 saturated heterocycles. The molecule has 5 heteroatoms. The van der Waals surface area contributed by atoms with Gasteiger partial charge >= 0.3 is 0 Å². The highest BCUT2D eigenvalue weighted by Crippen LogP contribution is 2.16. The van der Waals surface area contributed by atoms with Crippen LogP contribution in [0.5, 0.6) is 0 Å². The van der Waals surface area contributed by atoms with Crippen LogP contribution in [0.1, 0.15) is 33.0 Å². The van der Waals surface area contributed by atoms with Gasteiger partial charge in [-0.15, -0.1) is 0 Å². The Labute approximate surface area is 162 Å². The summed E-state index contributed by atoms with van der Waals surface area (Å²) in [4.78, 5) is 34.8. The molecule has 3 heterocycles. The summed E-state index contributed by atoms with van der Waals surface area (Å²) < 4.78 is 1.92. The number of carbonyl (C=O) groups excluding carboxylic acids is 1. The van der Waals surface area contributed by atoms with E-state index >= 15 is 0 Å². The average Bonchev–Trinajstić information content (AvgIpc) is 2.70. The Bertz CT molecular complexity index is 1260. The minimum Gasteiger partial charge on any atom is -0.340 e. The number of benzene rings is 1. The molecular formula is C23H19N3O2. The maximum Gasteiger partial charge on any atom is 0.200 e. The third-order valence-electron chi connectivity index (χ3n) is 4.67. The van der Waals surface area contributed by atoms with Crippen molar-refractivity contribution in [1.29, 1.82) is 0 Å². The molecule has 28 heavy (non-hydrogen) atoms. The largest absolute Gasteiger partial charge is 0.340 e. The van der Waals surface area contributed by atoms with Gasteiger partial charge in [0.25, 0.3) is 0 Å². The summed E-state index contributed by atoms with van der Waals surface area (Å²) in [6.45, 7) is 4.23. The Morgan fingerprint density at radius 2 is 1.82 bits per heavy atom. The first-order chi connectivity index (χ1) is 13.5. The standard InChI is InChI=1S/C23H19N3O2/c1-15-6-5-7-18(25-15)13-26-14-20(22(27)17-10-11-24-16(2)12-17)23(28)19-8-3-4-9-21(19)26/h3-12,14H,13H2,1-2H3. The van der Waals surface area contributed by atoms with Gasteiger partial charge in [-0.2, -0.15) is 0 Å². The third kappa shape index (κ3) is 3.34. The summed E-state index contributed by atoms with van der Waals surface area (Å²) in [6, 6.07) is 16.5. The Hall–Kier alpha value is -3.60. The summed E-state index contributed by atoms with van der Waals surface area (Å²) in [5.41, 5.74) is 3.65. The van der Waals surface area contributed by atoms with Crippen LogP contribution in [-0.2, 0) is 6.54 Å². The van der Waals surface area contributed by atoms with E-state index in [4.69, 9.17) is 0 Å². The number of ketones is 1. The van der Waals surface area contributed by atoms with Crippen molar-refractivity contribution in [2.24, 2.45) is 0 Å². The monoisotopic (exact) mass is 369 g/mol. The number of para-hydroxylation sites is 1. The summed E-state index contributed by atoms with van der Waals surface area (Å²) in [6.07, 6.45) is 3.23. The van der Waals surface area contributed by atoms with E-state index in [2.05, 4.69) is 9.97 Å². The molecule has 1 aromatic carbocycles. The molecule has 4 aromatic rings. The van der Waals surface area contributed by atoms with Crippen molar-refractivity contribution >= 4 is 16.7 Å². The summed E-state index contributed by atoms with van der Waals surface area (Å²) in [5, 5.41) is 0.520. The highest BCUT2D eigenvalue weighted by molar-refractivity contribution is 6.10. The molecule has 0 atom stereocenters. The van der Waals surface area contributed by atoms with E-state index in [9.17, 15) is 9.59 Å². The smallest absolute Gasteiger partial charge is 0.200 e. The van der Waals surface area contributed by atoms with E-state index in [1.807, 2.05) is 54.8 Å². The van der Waals surface area contributed by atoms with Crippen LogP contribution in [0.2, 0.25) is 0 Å². The summed E-state index contributed by atoms with van der Waals surface area (Å²) >= 11 is 0. The van der Waals surface area contributed by atoms with Crippen LogP contribution in [0.25, 0.3) is 10.9 Å². The second-order valence-electron chi connectivity index (χ2n) is 6.80. The van der Waals surface area contributed by atoms with E-state index in [-0.39, 0.29) is 16.8 Å². The first-order valence-corrected chi connectivity index (χ1v) is 9.05. The van der Waals surface area contributed by atoms with Crippen LogP contribution in [0.4, 0.5) is 0 Å². The van der Waals surface area contributed by atoms with E-state index in [1.54, 1.807) is 30.6 Å². The Balaban J connectivity index is 1.89. The first kappa shape index (κ1) is 17.8. The number of rotatable bonds is 4. The van der Waals surface area contributed by atoms with Gasteiger partial charge in [0, 0.05) is 34.7 Å². The molecule has 0 saturated carbocycles. The molecule has 0 aliphatic rings. The normalized spacial score (nSPS) is 10.9. The fourth-order valence-corrected chi connectivity index (χ4v) is 3.34. The van der Waals surface area contributed by atoms with Crippen molar-refractivity contribution in [3.8, 4) is 0 Å². The van der Waals surface area contributed by atoms with Crippen LogP contribution in [0.15, 0.2) is 71.8 Å². The molecule has 0 fully saturated rings. The molecule has 5 nitrogen and oxygen atoms in total. The lowest BCUT2D eigenvalue weighted by molar-refractivity contribution is 0.103. The van der Waals surface area contributed by atoms with Gasteiger partial charge in [-0.25, -0.2) is 0 Å². The van der Waals surface area contributed by atoms with Gasteiger partial charge in [-0.3, -0.25) is 19.6 Å². The van der Waals surface area contributed by atoms with Gasteiger partial charge in [-0.05, 0) is 50.2 Å². The van der Waals surface area contributed by atoms with E-state index in [1.165, 1.54) is 0 Å². The highest BCUT2D eigenvalue weighted by atomic mass is 16.1. The van der Waals surface area contributed by atoms with Gasteiger partial charge in [0.2, 0.25) is 5.43 Å². The number of hydrogen-bond donors (Lipinski definition) is 0. The lowest BCUT2D eigenvalue weighted by atomic mass is 10.0. The zero-order valence-corrected chi connectivity index (χ0v) is 15.7. The molecule has 0 aliphatic heterocycles. The van der Waals surface area contributed by atoms with Gasteiger partial charge in [0.15, 0.2) is 5.78 Å². The lowest BCUT2D eigenvalue weighted by Crippen LogP contribution is -2.20. The van der Waals surface area contributed by atoms with Gasteiger partial charge in [0.1, 0.15) is 0 Å². The maximum absolute atomic E-state index is 13.1. The molecular weight excluding hydrogens is 350 g/mol. The molecule has 0 radical (unpaired) electrons. The number of hydrogen-bond acceptors (Lipinski definition) is 4. The zero-order chi connectivity index (χ0) is 19.7. The van der Waals surface area contributed by atoms with Crippen LogP contribution in [0.3, 0.4) is 0 Å². The first-order valence-electron chi connectivity index (χ1n) is 9.05. The second-order valence-corrected chi connectivity index (χ2v) is 6.80. The fraction of sp³-hybridized carbons (Fsp3) is 0.130. The molecule has 0 amide bonds. The van der Waals surface area contributed by atoms with Crippen molar-refractivity contribution in [3.63, 3.8) is 0 Å². The quantitative estimate of drug-likeness (QED) is 0.515. The number of aryl methyl sites for hydroxylation is 2. The lowest BCUT2D eigenvalue weighted by Gasteiger charge is -2.13. The topological polar surface area (TPSA) is 64.8 Å². The van der Waals surface area contributed by atoms with E-state index in [0.29, 0.717) is 17.5 Å². The SMILES string of the molecule is Cc1cc(C(=O)c2cn(Cc3cccc(C)n3)c3ccccc3c2=O)ccn1. The molecule has 0 bridgehead atoms. The van der Waals surface area contributed by atoms with Gasteiger partial charge in [-0.1, -0.05) is 18.2 Å². The van der Waals surface area contributed by atoms with Gasteiger partial charge < -0.3 is 4.57 Å². The van der Waals surface area contributed by atoms with Crippen LogP contribution in [-0.4, -0.2) is 20.3 Å². The van der Waals surface area contributed by atoms with Crippen molar-refractivity contribution in [1.82, 2.24) is 14.5 Å². The highest BCUT2D eigenvalue weighted by Gasteiger charge is 2.17. The molecule has 0 spiro atoms. The molecule has 4 rings (SSSR count). The predicted molar refractivity (Wildman–Crippen MR) is 109 cm³/mol. The number of fused-ring (bicyclic) bond motifs is 1. The Kier molecular flexibility index (Phi) is 4.57. The van der Waals surface area contributed by atoms with Crippen molar-refractivity contribution in [3.05, 3.63) is 105 Å². The summed E-state index contributed by atoms with van der Waals surface area (Å²) in [5.74, 6) is -0.299. The van der Waals surface area contributed by atoms with E-state index in [0.717, 1.165) is 22.6 Å².